The van der Waals surface area contributed by atoms with E-state index < -0.39 is 0 Å². The van der Waals surface area contributed by atoms with Crippen LogP contribution in [0.1, 0.15) is 70.4 Å². The lowest BCUT2D eigenvalue weighted by atomic mass is 9.75. The zero-order chi connectivity index (χ0) is 18.6. The van der Waals surface area contributed by atoms with E-state index in [0.717, 1.165) is 38.2 Å². The SMILES string of the molecule is CCCCc1cn(C[C@@H]2C[C@H]3CCN2C[C@@H]3C(=O)NC2CCCCC2)nn1. The molecule has 3 aliphatic heterocycles. The number of amides is 1. The summed E-state index contributed by atoms with van der Waals surface area (Å²) < 4.78 is 2.02. The molecule has 4 fully saturated rings. The van der Waals surface area contributed by atoms with Gasteiger partial charge in [-0.05, 0) is 51.0 Å². The average Bonchev–Trinajstić information content (AvgIpc) is 3.15. The van der Waals surface area contributed by atoms with Gasteiger partial charge in [0.1, 0.15) is 0 Å². The average molecular weight is 374 g/mol. The van der Waals surface area contributed by atoms with Gasteiger partial charge in [0.15, 0.2) is 0 Å². The van der Waals surface area contributed by atoms with E-state index in [2.05, 4.69) is 33.6 Å². The van der Waals surface area contributed by atoms with Crippen molar-refractivity contribution in [2.24, 2.45) is 11.8 Å². The number of nitrogens with zero attached hydrogens (tertiary/aromatic N) is 4. The van der Waals surface area contributed by atoms with Gasteiger partial charge in [-0.15, -0.1) is 5.10 Å². The molecule has 0 spiro atoms. The maximum absolute atomic E-state index is 12.9. The lowest BCUT2D eigenvalue weighted by Gasteiger charge is -2.49. The van der Waals surface area contributed by atoms with Gasteiger partial charge in [0, 0.05) is 24.8 Å². The summed E-state index contributed by atoms with van der Waals surface area (Å²) in [6.45, 7) is 5.16. The molecule has 4 heterocycles. The molecule has 1 aliphatic carbocycles. The van der Waals surface area contributed by atoms with Crippen LogP contribution in [0.25, 0.3) is 0 Å². The number of aryl methyl sites for hydroxylation is 1. The van der Waals surface area contributed by atoms with Crippen molar-refractivity contribution in [3.05, 3.63) is 11.9 Å². The Hall–Kier alpha value is -1.43. The van der Waals surface area contributed by atoms with Crippen LogP contribution in [0.3, 0.4) is 0 Å². The minimum atomic E-state index is 0.188. The quantitative estimate of drug-likeness (QED) is 0.798. The first-order valence-electron chi connectivity index (χ1n) is 11.2. The number of fused-ring (bicyclic) bond motifs is 3. The van der Waals surface area contributed by atoms with Crippen molar-refractivity contribution in [3.63, 3.8) is 0 Å². The minimum absolute atomic E-state index is 0.188. The van der Waals surface area contributed by atoms with Crippen LogP contribution in [0, 0.1) is 11.8 Å². The van der Waals surface area contributed by atoms with E-state index in [0.29, 0.717) is 23.9 Å². The van der Waals surface area contributed by atoms with Crippen molar-refractivity contribution >= 4 is 5.91 Å². The topological polar surface area (TPSA) is 63.1 Å². The van der Waals surface area contributed by atoms with E-state index in [1.807, 2.05) is 4.68 Å². The Kier molecular flexibility index (Phi) is 6.11. The van der Waals surface area contributed by atoms with Gasteiger partial charge in [-0.3, -0.25) is 14.4 Å². The molecule has 5 rings (SSSR count). The smallest absolute Gasteiger partial charge is 0.224 e. The molecule has 1 saturated carbocycles. The lowest BCUT2D eigenvalue weighted by molar-refractivity contribution is -0.134. The normalized spacial score (nSPS) is 31.1. The van der Waals surface area contributed by atoms with E-state index >= 15 is 0 Å². The third-order valence-electron chi connectivity index (χ3n) is 6.94. The minimum Gasteiger partial charge on any atom is -0.353 e. The van der Waals surface area contributed by atoms with E-state index in [1.165, 1.54) is 51.4 Å². The summed E-state index contributed by atoms with van der Waals surface area (Å²) in [7, 11) is 0. The molecule has 27 heavy (non-hydrogen) atoms. The molecule has 4 aliphatic rings. The molecule has 2 bridgehead atoms. The Morgan fingerprint density at radius 1 is 1.26 bits per heavy atom. The van der Waals surface area contributed by atoms with E-state index in [1.54, 1.807) is 0 Å². The number of piperidine rings is 3. The number of hydrogen-bond donors (Lipinski definition) is 1. The highest BCUT2D eigenvalue weighted by Crippen LogP contribution is 2.37. The largest absolute Gasteiger partial charge is 0.353 e. The number of aromatic nitrogens is 3. The summed E-state index contributed by atoms with van der Waals surface area (Å²) in [6, 6.07) is 0.928. The number of rotatable bonds is 7. The maximum atomic E-state index is 12.9. The zero-order valence-corrected chi connectivity index (χ0v) is 16.8. The molecule has 1 aromatic heterocycles. The highest BCUT2D eigenvalue weighted by molar-refractivity contribution is 5.79. The van der Waals surface area contributed by atoms with Crippen LogP contribution < -0.4 is 5.32 Å². The second kappa shape index (κ2) is 8.72. The van der Waals surface area contributed by atoms with Gasteiger partial charge in [0.25, 0.3) is 0 Å². The van der Waals surface area contributed by atoms with Crippen molar-refractivity contribution in [2.45, 2.75) is 89.8 Å². The van der Waals surface area contributed by atoms with Gasteiger partial charge in [0.2, 0.25) is 5.91 Å². The summed E-state index contributed by atoms with van der Waals surface area (Å²) in [4.78, 5) is 15.4. The van der Waals surface area contributed by atoms with E-state index in [4.69, 9.17) is 0 Å². The second-order valence-corrected chi connectivity index (χ2v) is 8.92. The third-order valence-corrected chi connectivity index (χ3v) is 6.94. The van der Waals surface area contributed by atoms with E-state index in [9.17, 15) is 4.79 Å². The third kappa shape index (κ3) is 4.53. The summed E-state index contributed by atoms with van der Waals surface area (Å²) in [5.41, 5.74) is 1.11. The van der Waals surface area contributed by atoms with Crippen molar-refractivity contribution in [3.8, 4) is 0 Å². The van der Waals surface area contributed by atoms with Crippen molar-refractivity contribution in [1.29, 1.82) is 0 Å². The first-order chi connectivity index (χ1) is 13.2. The first kappa shape index (κ1) is 18.9. The Bertz CT molecular complexity index is 624. The molecular formula is C21H35N5O. The van der Waals surface area contributed by atoms with Crippen molar-refractivity contribution < 1.29 is 4.79 Å². The highest BCUT2D eigenvalue weighted by atomic mass is 16.2. The standard InChI is InChI=1S/C21H35N5O/c1-2-3-7-18-13-26(24-23-18)14-19-12-16-10-11-25(19)15-20(16)21(27)22-17-8-5-4-6-9-17/h13,16-17,19-20H,2-12,14-15H2,1H3,(H,22,27)/t16-,19+,20+/m1/s1. The molecule has 4 atom stereocenters. The predicted octanol–water partition coefficient (Wildman–Crippen LogP) is 2.78. The summed E-state index contributed by atoms with van der Waals surface area (Å²) in [5.74, 6) is 1.04. The molecule has 1 aromatic rings. The molecule has 0 aromatic carbocycles. The number of carbonyl (C=O) groups is 1. The molecule has 1 N–H and O–H groups in total. The van der Waals surface area contributed by atoms with Crippen LogP contribution in [0.2, 0.25) is 0 Å². The number of unbranched alkanes of at least 4 members (excludes halogenated alkanes) is 1. The van der Waals surface area contributed by atoms with Gasteiger partial charge < -0.3 is 5.32 Å². The maximum Gasteiger partial charge on any atom is 0.224 e. The Labute approximate surface area is 163 Å². The van der Waals surface area contributed by atoms with Crippen LogP contribution in [-0.2, 0) is 17.8 Å². The van der Waals surface area contributed by atoms with Gasteiger partial charge in [0.05, 0.1) is 18.2 Å². The fourth-order valence-corrected chi connectivity index (χ4v) is 5.30. The van der Waals surface area contributed by atoms with Crippen LogP contribution in [-0.4, -0.2) is 51.0 Å². The lowest BCUT2D eigenvalue weighted by Crippen LogP contribution is -2.58. The number of carbonyl (C=O) groups excluding carboxylic acids is 1. The van der Waals surface area contributed by atoms with Gasteiger partial charge >= 0.3 is 0 Å². The van der Waals surface area contributed by atoms with Crippen LogP contribution in [0.4, 0.5) is 0 Å². The summed E-state index contributed by atoms with van der Waals surface area (Å²) in [6.07, 6.45) is 14.0. The molecule has 1 amide bonds. The van der Waals surface area contributed by atoms with Gasteiger partial charge in [-0.25, -0.2) is 0 Å². The molecule has 150 valence electrons. The fraction of sp³-hybridized carbons (Fsp3) is 0.857. The zero-order valence-electron chi connectivity index (χ0n) is 16.8. The first-order valence-corrected chi connectivity index (χ1v) is 11.2. The van der Waals surface area contributed by atoms with Crippen molar-refractivity contribution in [1.82, 2.24) is 25.2 Å². The predicted molar refractivity (Wildman–Crippen MR) is 105 cm³/mol. The fourth-order valence-electron chi connectivity index (χ4n) is 5.30. The van der Waals surface area contributed by atoms with Gasteiger partial charge in [-0.1, -0.05) is 37.8 Å². The Morgan fingerprint density at radius 3 is 2.85 bits per heavy atom. The summed E-state index contributed by atoms with van der Waals surface area (Å²) in [5, 5.41) is 12.0. The van der Waals surface area contributed by atoms with Crippen molar-refractivity contribution in [2.75, 3.05) is 13.1 Å². The van der Waals surface area contributed by atoms with E-state index in [-0.39, 0.29) is 5.92 Å². The van der Waals surface area contributed by atoms with Crippen LogP contribution in [0.15, 0.2) is 6.20 Å². The molecule has 6 nitrogen and oxygen atoms in total. The Morgan fingerprint density at radius 2 is 2.11 bits per heavy atom. The number of hydrogen-bond acceptors (Lipinski definition) is 4. The van der Waals surface area contributed by atoms with Crippen LogP contribution >= 0.6 is 0 Å². The highest BCUT2D eigenvalue weighted by Gasteiger charge is 2.43. The van der Waals surface area contributed by atoms with Gasteiger partial charge in [-0.2, -0.15) is 0 Å². The molecular weight excluding hydrogens is 338 g/mol. The molecule has 3 saturated heterocycles. The second-order valence-electron chi connectivity index (χ2n) is 8.92. The summed E-state index contributed by atoms with van der Waals surface area (Å²) >= 11 is 0. The Balaban J connectivity index is 1.30. The number of nitrogens with one attached hydrogen (secondary N) is 1. The molecule has 0 radical (unpaired) electrons. The monoisotopic (exact) mass is 373 g/mol. The molecule has 1 unspecified atom stereocenters. The van der Waals surface area contributed by atoms with Crippen LogP contribution in [0.5, 0.6) is 0 Å². The molecule has 6 heteroatoms.